The molecule has 4 heteroatoms. The first-order valence-electron chi connectivity index (χ1n) is 6.73. The van der Waals surface area contributed by atoms with E-state index < -0.39 is 0 Å². The first-order valence-corrected chi connectivity index (χ1v) is 6.73. The van der Waals surface area contributed by atoms with E-state index in [1.807, 2.05) is 32.0 Å². The molecule has 2 atom stereocenters. The normalized spacial score (nSPS) is 21.1. The van der Waals surface area contributed by atoms with Crippen molar-refractivity contribution in [3.05, 3.63) is 29.3 Å². The molecule has 0 aromatic heterocycles. The number of carbonyl (C=O) groups excluding carboxylic acids is 1. The van der Waals surface area contributed by atoms with E-state index in [9.17, 15) is 4.79 Å². The maximum Gasteiger partial charge on any atom is 0.229 e. The van der Waals surface area contributed by atoms with E-state index in [1.165, 1.54) is 0 Å². The molecule has 4 nitrogen and oxygen atoms in total. The minimum atomic E-state index is -0.199. The van der Waals surface area contributed by atoms with E-state index >= 15 is 0 Å². The highest BCUT2D eigenvalue weighted by Gasteiger charge is 2.28. The van der Waals surface area contributed by atoms with Crippen molar-refractivity contribution in [1.29, 1.82) is 0 Å². The van der Waals surface area contributed by atoms with Gasteiger partial charge in [-0.15, -0.1) is 0 Å². The van der Waals surface area contributed by atoms with Gasteiger partial charge in [-0.1, -0.05) is 17.9 Å². The summed E-state index contributed by atoms with van der Waals surface area (Å²) in [6.07, 6.45) is 0.882. The van der Waals surface area contributed by atoms with E-state index in [-0.39, 0.29) is 24.5 Å². The average molecular weight is 273 g/mol. The van der Waals surface area contributed by atoms with Crippen LogP contribution < -0.4 is 5.32 Å². The van der Waals surface area contributed by atoms with E-state index in [1.54, 1.807) is 0 Å². The molecule has 1 fully saturated rings. The SMILES string of the molecule is Cc1ccc(NC(=O)C2COC(C)C2)c(C#CCO)c1. The van der Waals surface area contributed by atoms with Crippen LogP contribution in [-0.2, 0) is 9.53 Å². The first kappa shape index (κ1) is 14.6. The molecule has 2 N–H and O–H groups in total. The molecule has 1 aliphatic heterocycles. The Balaban J connectivity index is 2.14. The maximum absolute atomic E-state index is 12.2. The van der Waals surface area contributed by atoms with Crippen molar-refractivity contribution in [2.75, 3.05) is 18.5 Å². The van der Waals surface area contributed by atoms with Gasteiger partial charge < -0.3 is 15.2 Å². The number of hydrogen-bond acceptors (Lipinski definition) is 3. The lowest BCUT2D eigenvalue weighted by atomic mass is 10.0. The summed E-state index contributed by atoms with van der Waals surface area (Å²) >= 11 is 0. The van der Waals surface area contributed by atoms with E-state index in [2.05, 4.69) is 17.2 Å². The molecule has 0 bridgehead atoms. The van der Waals surface area contributed by atoms with Crippen molar-refractivity contribution in [2.24, 2.45) is 5.92 Å². The van der Waals surface area contributed by atoms with Crippen molar-refractivity contribution in [3.8, 4) is 11.8 Å². The molecule has 0 saturated carbocycles. The van der Waals surface area contributed by atoms with Crippen LogP contribution in [0.3, 0.4) is 0 Å². The summed E-state index contributed by atoms with van der Waals surface area (Å²) in [5, 5.41) is 11.7. The highest BCUT2D eigenvalue weighted by atomic mass is 16.5. The molecule has 2 unspecified atom stereocenters. The van der Waals surface area contributed by atoms with Crippen LogP contribution in [0.1, 0.15) is 24.5 Å². The Labute approximate surface area is 119 Å². The standard InChI is InChI=1S/C16H19NO3/c1-11-5-6-15(13(8-11)4-3-7-18)17-16(19)14-9-12(2)20-10-14/h5-6,8,12,14,18H,7,9-10H2,1-2H3,(H,17,19). The summed E-state index contributed by atoms with van der Waals surface area (Å²) in [6, 6.07) is 5.66. The number of hydrogen-bond donors (Lipinski definition) is 2. The summed E-state index contributed by atoms with van der Waals surface area (Å²) < 4.78 is 5.42. The number of aliphatic hydroxyl groups excluding tert-OH is 1. The van der Waals surface area contributed by atoms with Gasteiger partial charge in [0.15, 0.2) is 0 Å². The quantitative estimate of drug-likeness (QED) is 0.806. The van der Waals surface area contributed by atoms with Gasteiger partial charge in [0, 0.05) is 5.56 Å². The molecule has 1 aliphatic rings. The highest BCUT2D eigenvalue weighted by Crippen LogP contribution is 2.22. The summed E-state index contributed by atoms with van der Waals surface area (Å²) in [4.78, 5) is 12.2. The Kier molecular flexibility index (Phi) is 4.78. The fourth-order valence-corrected chi connectivity index (χ4v) is 2.24. The highest BCUT2D eigenvalue weighted by molar-refractivity contribution is 5.94. The molecule has 1 aromatic carbocycles. The Bertz CT molecular complexity index is 557. The molecular formula is C16H19NO3. The van der Waals surface area contributed by atoms with Crippen LogP contribution in [0.15, 0.2) is 18.2 Å². The van der Waals surface area contributed by atoms with Gasteiger partial charge >= 0.3 is 0 Å². The Morgan fingerprint density at radius 2 is 2.35 bits per heavy atom. The van der Waals surface area contributed by atoms with Crippen LogP contribution in [-0.4, -0.2) is 30.3 Å². The van der Waals surface area contributed by atoms with Crippen molar-refractivity contribution >= 4 is 11.6 Å². The molecule has 1 saturated heterocycles. The predicted octanol–water partition coefficient (Wildman–Crippen LogP) is 1.70. The Hall–Kier alpha value is -1.83. The third kappa shape index (κ3) is 3.60. The summed E-state index contributed by atoms with van der Waals surface area (Å²) in [6.45, 7) is 4.20. The molecule has 1 aromatic rings. The molecule has 106 valence electrons. The minimum absolute atomic E-state index is 0.0368. The molecule has 2 rings (SSSR count). The van der Waals surface area contributed by atoms with Gasteiger partial charge in [-0.3, -0.25) is 4.79 Å². The van der Waals surface area contributed by atoms with Gasteiger partial charge in [-0.05, 0) is 38.0 Å². The second kappa shape index (κ2) is 6.56. The van der Waals surface area contributed by atoms with Crippen molar-refractivity contribution in [2.45, 2.75) is 26.4 Å². The number of benzene rings is 1. The third-order valence-electron chi connectivity index (χ3n) is 3.30. The monoisotopic (exact) mass is 273 g/mol. The molecular weight excluding hydrogens is 254 g/mol. The van der Waals surface area contributed by atoms with Crippen LogP contribution in [0, 0.1) is 24.7 Å². The second-order valence-corrected chi connectivity index (χ2v) is 5.07. The maximum atomic E-state index is 12.2. The van der Waals surface area contributed by atoms with Crippen LogP contribution in [0.2, 0.25) is 0 Å². The molecule has 0 aliphatic carbocycles. The fraction of sp³-hybridized carbons (Fsp3) is 0.438. The Morgan fingerprint density at radius 3 is 3.00 bits per heavy atom. The topological polar surface area (TPSA) is 58.6 Å². The van der Waals surface area contributed by atoms with Crippen LogP contribution in [0.4, 0.5) is 5.69 Å². The van der Waals surface area contributed by atoms with Crippen molar-refractivity contribution in [1.82, 2.24) is 0 Å². The molecule has 0 radical (unpaired) electrons. The number of amides is 1. The number of aryl methyl sites for hydroxylation is 1. The minimum Gasteiger partial charge on any atom is -0.384 e. The van der Waals surface area contributed by atoms with Gasteiger partial charge in [0.1, 0.15) is 6.61 Å². The number of nitrogens with one attached hydrogen (secondary N) is 1. The molecule has 1 heterocycles. The number of anilines is 1. The van der Waals surface area contributed by atoms with Gasteiger partial charge in [0.05, 0.1) is 24.3 Å². The number of rotatable bonds is 2. The Morgan fingerprint density at radius 1 is 1.55 bits per heavy atom. The zero-order valence-electron chi connectivity index (χ0n) is 11.8. The van der Waals surface area contributed by atoms with Gasteiger partial charge in [0.2, 0.25) is 5.91 Å². The van der Waals surface area contributed by atoms with Gasteiger partial charge in [0.25, 0.3) is 0 Å². The van der Waals surface area contributed by atoms with E-state index in [0.29, 0.717) is 12.3 Å². The predicted molar refractivity (Wildman–Crippen MR) is 77.3 cm³/mol. The van der Waals surface area contributed by atoms with E-state index in [0.717, 1.165) is 17.5 Å². The summed E-state index contributed by atoms with van der Waals surface area (Å²) in [7, 11) is 0. The lowest BCUT2D eigenvalue weighted by Gasteiger charge is -2.11. The van der Waals surface area contributed by atoms with E-state index in [4.69, 9.17) is 9.84 Å². The molecule has 1 amide bonds. The number of carbonyl (C=O) groups is 1. The zero-order chi connectivity index (χ0) is 14.5. The van der Waals surface area contributed by atoms with Crippen molar-refractivity contribution < 1.29 is 14.6 Å². The summed E-state index contributed by atoms with van der Waals surface area (Å²) in [5.74, 6) is 5.33. The largest absolute Gasteiger partial charge is 0.384 e. The number of ether oxygens (including phenoxy) is 1. The lowest BCUT2D eigenvalue weighted by Crippen LogP contribution is -2.23. The molecule has 0 spiro atoms. The lowest BCUT2D eigenvalue weighted by molar-refractivity contribution is -0.119. The second-order valence-electron chi connectivity index (χ2n) is 5.07. The third-order valence-corrected chi connectivity index (χ3v) is 3.30. The first-order chi connectivity index (χ1) is 9.60. The van der Waals surface area contributed by atoms with Crippen LogP contribution in [0.5, 0.6) is 0 Å². The average Bonchev–Trinajstić information content (AvgIpc) is 2.85. The van der Waals surface area contributed by atoms with Crippen LogP contribution >= 0.6 is 0 Å². The zero-order valence-corrected chi connectivity index (χ0v) is 11.8. The number of aliphatic hydroxyl groups is 1. The fourth-order valence-electron chi connectivity index (χ4n) is 2.24. The molecule has 20 heavy (non-hydrogen) atoms. The smallest absolute Gasteiger partial charge is 0.229 e. The summed E-state index contributed by atoms with van der Waals surface area (Å²) in [5.41, 5.74) is 2.46. The van der Waals surface area contributed by atoms with Crippen molar-refractivity contribution in [3.63, 3.8) is 0 Å². The van der Waals surface area contributed by atoms with Gasteiger partial charge in [-0.2, -0.15) is 0 Å². The van der Waals surface area contributed by atoms with Crippen LogP contribution in [0.25, 0.3) is 0 Å². The van der Waals surface area contributed by atoms with Gasteiger partial charge in [-0.25, -0.2) is 0 Å².